The molecule has 4 aromatic rings. The molecular formula is C27H22F3NO5. The summed E-state index contributed by atoms with van der Waals surface area (Å²) >= 11 is 0. The predicted molar refractivity (Wildman–Crippen MR) is 129 cm³/mol. The third-order valence-electron chi connectivity index (χ3n) is 5.26. The van der Waals surface area contributed by atoms with Crippen LogP contribution in [-0.4, -0.2) is 12.5 Å². The van der Waals surface area contributed by atoms with Crippen molar-refractivity contribution < 1.29 is 31.9 Å². The number of para-hydroxylation sites is 2. The lowest BCUT2D eigenvalue weighted by atomic mass is 10.0. The summed E-state index contributed by atoms with van der Waals surface area (Å²) in [6.07, 6.45) is -5.00. The van der Waals surface area contributed by atoms with Crippen molar-refractivity contribution >= 4 is 22.6 Å². The summed E-state index contributed by atoms with van der Waals surface area (Å²) in [5.41, 5.74) is -0.118. The van der Waals surface area contributed by atoms with Crippen LogP contribution in [0.3, 0.4) is 0 Å². The van der Waals surface area contributed by atoms with Crippen LogP contribution in [0.4, 0.5) is 18.9 Å². The third-order valence-corrected chi connectivity index (χ3v) is 5.26. The van der Waals surface area contributed by atoms with Gasteiger partial charge in [-0.2, -0.15) is 13.2 Å². The molecule has 4 rings (SSSR count). The van der Waals surface area contributed by atoms with Gasteiger partial charge in [0.2, 0.25) is 11.2 Å². The molecule has 0 spiro atoms. The van der Waals surface area contributed by atoms with Gasteiger partial charge in [-0.3, -0.25) is 9.59 Å². The highest BCUT2D eigenvalue weighted by molar-refractivity contribution is 5.91. The molecule has 36 heavy (non-hydrogen) atoms. The number of rotatable bonds is 7. The van der Waals surface area contributed by atoms with E-state index in [-0.39, 0.29) is 28.4 Å². The Morgan fingerprint density at radius 2 is 1.69 bits per heavy atom. The number of hydrogen-bond acceptors (Lipinski definition) is 5. The Labute approximate surface area is 204 Å². The molecule has 0 bridgehead atoms. The van der Waals surface area contributed by atoms with E-state index in [9.17, 15) is 22.8 Å². The molecule has 0 aliphatic carbocycles. The molecule has 9 heteroatoms. The van der Waals surface area contributed by atoms with Crippen LogP contribution in [0.5, 0.6) is 17.2 Å². The van der Waals surface area contributed by atoms with E-state index in [2.05, 4.69) is 5.32 Å². The second-order valence-corrected chi connectivity index (χ2v) is 8.24. The van der Waals surface area contributed by atoms with Gasteiger partial charge in [0.05, 0.1) is 5.39 Å². The number of nitrogens with one attached hydrogen (secondary N) is 1. The molecule has 0 fully saturated rings. The normalized spacial score (nSPS) is 11.5. The Hall–Kier alpha value is -4.27. The summed E-state index contributed by atoms with van der Waals surface area (Å²) in [7, 11) is 0. The zero-order valence-electron chi connectivity index (χ0n) is 19.4. The molecule has 0 unspecified atom stereocenters. The first kappa shape index (κ1) is 24.8. The molecule has 186 valence electrons. The van der Waals surface area contributed by atoms with E-state index in [1.54, 1.807) is 48.5 Å². The first-order chi connectivity index (χ1) is 17.1. The van der Waals surface area contributed by atoms with Gasteiger partial charge in [-0.25, -0.2) is 0 Å². The number of carbonyl (C=O) groups is 1. The molecular weight excluding hydrogens is 475 g/mol. The topological polar surface area (TPSA) is 77.8 Å². The molecule has 1 aromatic heterocycles. The average molecular weight is 497 g/mol. The lowest BCUT2D eigenvalue weighted by Crippen LogP contribution is -2.20. The van der Waals surface area contributed by atoms with Gasteiger partial charge in [0.25, 0.3) is 11.7 Å². The van der Waals surface area contributed by atoms with E-state index in [0.717, 1.165) is 6.07 Å². The van der Waals surface area contributed by atoms with Crippen molar-refractivity contribution in [1.82, 2.24) is 0 Å². The smallest absolute Gasteiger partial charge is 0.453 e. The summed E-state index contributed by atoms with van der Waals surface area (Å²) in [5.74, 6) is -2.83. The van der Waals surface area contributed by atoms with Crippen LogP contribution in [0.1, 0.15) is 31.1 Å². The summed E-state index contributed by atoms with van der Waals surface area (Å²) in [5, 5.41) is 2.50. The lowest BCUT2D eigenvalue weighted by molar-refractivity contribution is -0.154. The Bertz CT molecular complexity index is 1450. The van der Waals surface area contributed by atoms with Crippen molar-refractivity contribution in [2.75, 3.05) is 11.9 Å². The molecule has 1 N–H and O–H groups in total. The second-order valence-electron chi connectivity index (χ2n) is 8.24. The minimum Gasteiger partial charge on any atom is -0.484 e. The minimum atomic E-state index is -5.00. The van der Waals surface area contributed by atoms with Crippen molar-refractivity contribution in [2.45, 2.75) is 25.9 Å². The summed E-state index contributed by atoms with van der Waals surface area (Å²) in [6.45, 7) is 3.32. The molecule has 1 heterocycles. The van der Waals surface area contributed by atoms with Crippen molar-refractivity contribution in [2.24, 2.45) is 0 Å². The van der Waals surface area contributed by atoms with E-state index in [4.69, 9.17) is 13.9 Å². The molecule has 0 atom stereocenters. The maximum atomic E-state index is 13.9. The van der Waals surface area contributed by atoms with Crippen LogP contribution in [0, 0.1) is 0 Å². The maximum absolute atomic E-state index is 13.9. The highest BCUT2D eigenvalue weighted by Gasteiger charge is 2.40. The molecule has 3 aromatic carbocycles. The van der Waals surface area contributed by atoms with Gasteiger partial charge in [0, 0.05) is 11.8 Å². The first-order valence-corrected chi connectivity index (χ1v) is 11.1. The van der Waals surface area contributed by atoms with E-state index >= 15 is 0 Å². The number of ether oxygens (including phenoxy) is 2. The van der Waals surface area contributed by atoms with Crippen LogP contribution in [0.25, 0.3) is 11.0 Å². The first-order valence-electron chi connectivity index (χ1n) is 11.1. The Morgan fingerprint density at radius 1 is 1.00 bits per heavy atom. The van der Waals surface area contributed by atoms with E-state index in [0.29, 0.717) is 11.3 Å². The predicted octanol–water partition coefficient (Wildman–Crippen LogP) is 6.75. The lowest BCUT2D eigenvalue weighted by Gasteiger charge is -2.16. The van der Waals surface area contributed by atoms with E-state index < -0.39 is 35.6 Å². The standard InChI is InChI=1S/C27H22F3NO5/c1-16(2)19-10-6-7-11-21(19)35-25-24(33)20-13-12-18(14-22(20)36-26(25)27(28,29)30)34-15-23(32)31-17-8-4-3-5-9-17/h3-14,16H,15H2,1-2H3,(H,31,32). The van der Waals surface area contributed by atoms with Crippen LogP contribution < -0.4 is 20.2 Å². The molecule has 0 saturated heterocycles. The van der Waals surface area contributed by atoms with Crippen molar-refractivity contribution in [3.63, 3.8) is 0 Å². The number of benzene rings is 3. The number of halogens is 3. The van der Waals surface area contributed by atoms with Crippen molar-refractivity contribution in [3.05, 3.63) is 94.3 Å². The minimum absolute atomic E-state index is 0.0539. The van der Waals surface area contributed by atoms with Gasteiger partial charge in [-0.05, 0) is 41.8 Å². The molecule has 0 saturated carbocycles. The number of amides is 1. The van der Waals surface area contributed by atoms with Gasteiger partial charge in [-0.15, -0.1) is 0 Å². The highest BCUT2D eigenvalue weighted by Crippen LogP contribution is 2.40. The Balaban J connectivity index is 1.65. The van der Waals surface area contributed by atoms with Crippen molar-refractivity contribution in [3.8, 4) is 17.2 Å². The number of carbonyl (C=O) groups excluding carboxylic acids is 1. The summed E-state index contributed by atoms with van der Waals surface area (Å²) < 4.78 is 57.7. The number of anilines is 1. The van der Waals surface area contributed by atoms with Crippen LogP contribution in [-0.2, 0) is 11.0 Å². The Kier molecular flexibility index (Phi) is 7.00. The van der Waals surface area contributed by atoms with Gasteiger partial charge in [-0.1, -0.05) is 50.2 Å². The highest BCUT2D eigenvalue weighted by atomic mass is 19.4. The molecule has 1 amide bonds. The van der Waals surface area contributed by atoms with E-state index in [1.165, 1.54) is 18.2 Å². The molecule has 0 aliphatic heterocycles. The average Bonchev–Trinajstić information content (AvgIpc) is 2.84. The van der Waals surface area contributed by atoms with E-state index in [1.807, 2.05) is 13.8 Å². The maximum Gasteiger partial charge on any atom is 0.453 e. The number of alkyl halides is 3. The SMILES string of the molecule is CC(C)c1ccccc1Oc1c(C(F)(F)F)oc2cc(OCC(=O)Nc3ccccc3)ccc2c1=O. The fourth-order valence-electron chi connectivity index (χ4n) is 3.55. The van der Waals surface area contributed by atoms with Crippen LogP contribution in [0.2, 0.25) is 0 Å². The molecule has 0 radical (unpaired) electrons. The second kappa shape index (κ2) is 10.2. The fourth-order valence-corrected chi connectivity index (χ4v) is 3.55. The monoisotopic (exact) mass is 497 g/mol. The largest absolute Gasteiger partial charge is 0.484 e. The third kappa shape index (κ3) is 5.51. The number of fused-ring (bicyclic) bond motifs is 1. The van der Waals surface area contributed by atoms with Gasteiger partial charge >= 0.3 is 6.18 Å². The molecule has 0 aliphatic rings. The zero-order chi connectivity index (χ0) is 25.9. The van der Waals surface area contributed by atoms with Crippen LogP contribution in [0.15, 0.2) is 82.0 Å². The van der Waals surface area contributed by atoms with Gasteiger partial charge in [0.15, 0.2) is 6.61 Å². The van der Waals surface area contributed by atoms with Crippen LogP contribution >= 0.6 is 0 Å². The quantitative estimate of drug-likeness (QED) is 0.306. The van der Waals surface area contributed by atoms with Crippen molar-refractivity contribution in [1.29, 1.82) is 0 Å². The van der Waals surface area contributed by atoms with Gasteiger partial charge < -0.3 is 19.2 Å². The molecule has 6 nitrogen and oxygen atoms in total. The van der Waals surface area contributed by atoms with Gasteiger partial charge in [0.1, 0.15) is 17.1 Å². The summed E-state index contributed by atoms with van der Waals surface area (Å²) in [6, 6.07) is 19.0. The summed E-state index contributed by atoms with van der Waals surface area (Å²) in [4.78, 5) is 25.2. The number of hydrogen-bond donors (Lipinski definition) is 1. The zero-order valence-corrected chi connectivity index (χ0v) is 19.4. The fraction of sp³-hybridized carbons (Fsp3) is 0.185. The Morgan fingerprint density at radius 3 is 2.39 bits per heavy atom.